The molecule has 10 nitrogen and oxygen atoms in total. The van der Waals surface area contributed by atoms with E-state index in [9.17, 15) is 18.0 Å². The van der Waals surface area contributed by atoms with E-state index in [0.717, 1.165) is 11.3 Å². The van der Waals surface area contributed by atoms with Crippen LogP contribution in [0.5, 0.6) is 0 Å². The van der Waals surface area contributed by atoms with Crippen LogP contribution in [0.3, 0.4) is 0 Å². The number of hydrogen-bond donors (Lipinski definition) is 1. The van der Waals surface area contributed by atoms with Crippen LogP contribution in [-0.2, 0) is 26.0 Å². The molecule has 2 aliphatic rings. The second kappa shape index (κ2) is 9.52. The third-order valence-electron chi connectivity index (χ3n) is 6.04. The van der Waals surface area contributed by atoms with Crippen LogP contribution in [0.25, 0.3) is 0 Å². The lowest BCUT2D eigenvalue weighted by molar-refractivity contribution is -0.421. The summed E-state index contributed by atoms with van der Waals surface area (Å²) >= 11 is 1.18. The number of carbonyl (C=O) groups excluding carboxylic acids is 2. The summed E-state index contributed by atoms with van der Waals surface area (Å²) in [7, 11) is -3.78. The van der Waals surface area contributed by atoms with Crippen molar-refractivity contribution in [2.45, 2.75) is 11.3 Å². The Morgan fingerprint density at radius 2 is 2.03 bits per heavy atom. The summed E-state index contributed by atoms with van der Waals surface area (Å²) in [4.78, 5) is 32.8. The number of fused-ring (bicyclic) bond motifs is 1. The minimum Gasteiger partial charge on any atom is -0.326 e. The number of nitrogens with one attached hydrogen (secondary N) is 1. The molecule has 0 bridgehead atoms. The van der Waals surface area contributed by atoms with Crippen molar-refractivity contribution in [3.8, 4) is 6.07 Å². The number of nitriles is 1. The van der Waals surface area contributed by atoms with Crippen molar-refractivity contribution in [1.29, 1.82) is 5.26 Å². The van der Waals surface area contributed by atoms with E-state index in [-0.39, 0.29) is 36.4 Å². The molecule has 1 saturated heterocycles. The molecule has 36 heavy (non-hydrogen) atoms. The van der Waals surface area contributed by atoms with Crippen LogP contribution in [0.4, 0.5) is 16.5 Å². The number of sulfonamides is 1. The van der Waals surface area contributed by atoms with Gasteiger partial charge in [0.05, 0.1) is 22.9 Å². The van der Waals surface area contributed by atoms with Gasteiger partial charge < -0.3 is 9.80 Å². The van der Waals surface area contributed by atoms with Crippen molar-refractivity contribution in [3.05, 3.63) is 65.2 Å². The van der Waals surface area contributed by atoms with Gasteiger partial charge in [-0.25, -0.2) is 13.4 Å². The third kappa shape index (κ3) is 4.71. The van der Waals surface area contributed by atoms with Gasteiger partial charge in [0.25, 0.3) is 15.9 Å². The quantitative estimate of drug-likeness (QED) is 0.494. The van der Waals surface area contributed by atoms with E-state index < -0.39 is 10.0 Å². The number of piperazine rings is 1. The molecule has 12 heteroatoms. The average molecular weight is 524 g/mol. The highest BCUT2D eigenvalue weighted by Crippen LogP contribution is 2.26. The van der Waals surface area contributed by atoms with E-state index in [1.807, 2.05) is 22.9 Å². The molecule has 5 rings (SSSR count). The molecule has 3 aromatic rings. The first-order chi connectivity index (χ1) is 17.3. The highest BCUT2D eigenvalue weighted by atomic mass is 32.2. The Balaban J connectivity index is 0.00000320. The summed E-state index contributed by atoms with van der Waals surface area (Å²) < 4.78 is 29.3. The van der Waals surface area contributed by atoms with Gasteiger partial charge >= 0.3 is 0 Å². The molecule has 0 saturated carbocycles. The number of benzene rings is 2. The van der Waals surface area contributed by atoms with Crippen LogP contribution in [0.2, 0.25) is 0 Å². The molecular weight excluding hydrogens is 500 g/mol. The summed E-state index contributed by atoms with van der Waals surface area (Å²) in [5, 5.41) is 11.0. The van der Waals surface area contributed by atoms with Gasteiger partial charge in [0.2, 0.25) is 18.1 Å². The summed E-state index contributed by atoms with van der Waals surface area (Å²) in [6.45, 7) is 0.730. The van der Waals surface area contributed by atoms with E-state index in [0.29, 0.717) is 30.8 Å². The van der Waals surface area contributed by atoms with Crippen LogP contribution < -0.4 is 9.62 Å². The van der Waals surface area contributed by atoms with Crippen LogP contribution in [0.15, 0.2) is 58.9 Å². The average Bonchev–Trinajstić information content (AvgIpc) is 3.53. The van der Waals surface area contributed by atoms with Crippen LogP contribution >= 0.6 is 11.3 Å². The van der Waals surface area contributed by atoms with Crippen LogP contribution in [0.1, 0.15) is 12.6 Å². The Kier molecular flexibility index (Phi) is 6.26. The maximum atomic E-state index is 12.9. The zero-order valence-corrected chi connectivity index (χ0v) is 20.6. The Hall–Kier alpha value is -4.08. The second-order valence-electron chi connectivity index (χ2n) is 8.27. The van der Waals surface area contributed by atoms with Crippen LogP contribution in [-0.4, -0.2) is 67.1 Å². The van der Waals surface area contributed by atoms with E-state index in [2.05, 4.69) is 15.8 Å². The Morgan fingerprint density at radius 3 is 2.72 bits per heavy atom. The van der Waals surface area contributed by atoms with Gasteiger partial charge in [-0.1, -0.05) is 0 Å². The van der Waals surface area contributed by atoms with Crippen molar-refractivity contribution in [2.24, 2.45) is 0 Å². The van der Waals surface area contributed by atoms with Gasteiger partial charge in [0, 0.05) is 43.4 Å². The molecule has 2 amide bonds. The molecule has 0 unspecified atom stereocenters. The third-order valence-corrected chi connectivity index (χ3v) is 8.21. The van der Waals surface area contributed by atoms with Crippen molar-refractivity contribution < 1.29 is 24.0 Å². The van der Waals surface area contributed by atoms with Gasteiger partial charge in [-0.2, -0.15) is 9.84 Å². The highest BCUT2D eigenvalue weighted by Gasteiger charge is 2.32. The van der Waals surface area contributed by atoms with Crippen molar-refractivity contribution in [3.63, 3.8) is 0 Å². The monoisotopic (exact) mass is 523 g/mol. The maximum Gasteiger partial charge on any atom is 0.289 e. The first-order valence-corrected chi connectivity index (χ1v) is 13.4. The maximum absolute atomic E-state index is 12.9. The van der Waals surface area contributed by atoms with Gasteiger partial charge in [0.1, 0.15) is 6.54 Å². The lowest BCUT2D eigenvalue weighted by atomic mass is 10.1. The fourth-order valence-electron chi connectivity index (χ4n) is 4.21. The summed E-state index contributed by atoms with van der Waals surface area (Å²) in [6, 6.07) is 13.5. The molecule has 2 aliphatic heterocycles. The normalized spacial score (nSPS) is 15.3. The predicted molar refractivity (Wildman–Crippen MR) is 136 cm³/mol. The number of nitrogens with zero attached hydrogens (tertiary/aromatic N) is 5. The largest absolute Gasteiger partial charge is 0.326 e. The molecule has 2 aromatic carbocycles. The number of hydrogen-bond acceptors (Lipinski definition) is 7. The molecular formula is C24H23N6O4S2+. The number of aromatic nitrogens is 1. The van der Waals surface area contributed by atoms with Crippen molar-refractivity contribution in [2.75, 3.05) is 35.8 Å². The lowest BCUT2D eigenvalue weighted by Gasteiger charge is -2.34. The number of anilines is 2. The number of amides is 2. The minimum atomic E-state index is -3.78. The molecule has 0 radical (unpaired) electrons. The van der Waals surface area contributed by atoms with Gasteiger partial charge in [-0.05, 0) is 36.4 Å². The summed E-state index contributed by atoms with van der Waals surface area (Å²) in [5.41, 5.74) is 3.04. The van der Waals surface area contributed by atoms with E-state index >= 15 is 0 Å². The summed E-state index contributed by atoms with van der Waals surface area (Å²) in [5.74, 6) is -0.401. The highest BCUT2D eigenvalue weighted by molar-refractivity contribution is 7.93. The van der Waals surface area contributed by atoms with Crippen LogP contribution in [0, 0.1) is 11.3 Å². The molecule has 3 heterocycles. The molecule has 0 aliphatic carbocycles. The molecule has 0 atom stereocenters. The van der Waals surface area contributed by atoms with Crippen molar-refractivity contribution in [1.82, 2.24) is 9.88 Å². The zero-order valence-electron chi connectivity index (χ0n) is 19.0. The standard InChI is InChI=1S/C24H21N6O4S2.H2/c25-14-17-1-6-21-18(13-17)7-9-28(21)15-22(31)29-10-11-30(23(32)16-29)19-2-4-20(5-3-19)36(33,34)27-24-26-8-12-35-24;/h1-6,8-9,12-13H,7,10-11,15-16H2,(H,26,27);1H/q+1;. The van der Waals surface area contributed by atoms with Gasteiger partial charge in [-0.15, -0.1) is 11.3 Å². The van der Waals surface area contributed by atoms with E-state index in [1.54, 1.807) is 28.5 Å². The lowest BCUT2D eigenvalue weighted by Crippen LogP contribution is -2.53. The summed E-state index contributed by atoms with van der Waals surface area (Å²) in [6.07, 6.45) is 4.08. The number of carbonyl (C=O) groups is 2. The molecule has 1 aromatic heterocycles. The Labute approximate surface area is 213 Å². The SMILES string of the molecule is N#Cc1ccc2c(c1)CC=[N+]2CC(=O)N1CCN(c2ccc(S(=O)(=O)Nc3nccs3)cc2)C(=O)C1.[HH]. The fourth-order valence-corrected chi connectivity index (χ4v) is 6.00. The second-order valence-corrected chi connectivity index (χ2v) is 10.8. The Morgan fingerprint density at radius 1 is 1.22 bits per heavy atom. The minimum absolute atomic E-state index is 0. The zero-order chi connectivity index (χ0) is 25.3. The molecule has 184 valence electrons. The first kappa shape index (κ1) is 23.7. The Bertz CT molecular complexity index is 1520. The smallest absolute Gasteiger partial charge is 0.289 e. The first-order valence-electron chi connectivity index (χ1n) is 11.1. The fraction of sp³-hybridized carbons (Fsp3) is 0.208. The van der Waals surface area contributed by atoms with Crippen molar-refractivity contribution >= 4 is 55.9 Å². The van der Waals surface area contributed by atoms with Gasteiger partial charge in [0.15, 0.2) is 11.3 Å². The number of rotatable bonds is 6. The predicted octanol–water partition coefficient (Wildman–Crippen LogP) is 2.21. The van der Waals surface area contributed by atoms with Gasteiger partial charge in [-0.3, -0.25) is 14.3 Å². The van der Waals surface area contributed by atoms with E-state index in [4.69, 9.17) is 5.26 Å². The number of thiazole rings is 1. The molecule has 0 spiro atoms. The molecule has 1 fully saturated rings. The molecule has 1 N–H and O–H groups in total. The topological polar surface area (TPSA) is 126 Å². The van der Waals surface area contributed by atoms with E-state index in [1.165, 1.54) is 34.6 Å².